The van der Waals surface area contributed by atoms with Crippen molar-refractivity contribution in [1.82, 2.24) is 5.43 Å². The van der Waals surface area contributed by atoms with Crippen molar-refractivity contribution >= 4 is 35.3 Å². The summed E-state index contributed by atoms with van der Waals surface area (Å²) in [4.78, 5) is 11.8. The predicted molar refractivity (Wildman–Crippen MR) is 80.8 cm³/mol. The minimum Gasteiger partial charge on any atom is -0.506 e. The number of amides is 1. The fourth-order valence-corrected chi connectivity index (χ4v) is 2.07. The predicted octanol–water partition coefficient (Wildman–Crippen LogP) is 2.29. The van der Waals surface area contributed by atoms with Crippen LogP contribution in [0.4, 0.5) is 0 Å². The lowest BCUT2D eigenvalue weighted by Crippen LogP contribution is -2.27. The van der Waals surface area contributed by atoms with Gasteiger partial charge in [-0.1, -0.05) is 23.2 Å². The summed E-state index contributed by atoms with van der Waals surface area (Å²) in [6, 6.07) is 6.23. The van der Waals surface area contributed by atoms with Crippen LogP contribution in [0.25, 0.3) is 0 Å². The quantitative estimate of drug-likeness (QED) is 0.517. The van der Waals surface area contributed by atoms with Gasteiger partial charge in [-0.3, -0.25) is 4.79 Å². The van der Waals surface area contributed by atoms with Gasteiger partial charge in [0.2, 0.25) is 0 Å². The molecule has 0 fully saturated rings. The highest BCUT2D eigenvalue weighted by Crippen LogP contribution is 2.29. The number of benzene rings is 1. The van der Waals surface area contributed by atoms with Crippen LogP contribution >= 0.6 is 23.2 Å². The van der Waals surface area contributed by atoms with E-state index in [9.17, 15) is 9.90 Å². The second-order valence-corrected chi connectivity index (χ2v) is 5.12. The number of hydrazone groups is 1. The molecule has 0 bridgehead atoms. The van der Waals surface area contributed by atoms with E-state index in [2.05, 4.69) is 10.5 Å². The van der Waals surface area contributed by atoms with Crippen LogP contribution in [0.2, 0.25) is 10.0 Å². The Morgan fingerprint density at radius 1 is 1.33 bits per heavy atom. The second kappa shape index (κ2) is 6.56. The monoisotopic (exact) mass is 324 g/mol. The first-order valence-electron chi connectivity index (χ1n) is 5.94. The number of nitrogens with zero attached hydrogens (tertiary/aromatic N) is 2. The fraction of sp³-hybridized carbons (Fsp3) is 0.0714. The van der Waals surface area contributed by atoms with E-state index in [1.54, 1.807) is 24.5 Å². The maximum atomic E-state index is 11.8. The van der Waals surface area contributed by atoms with Crippen molar-refractivity contribution in [2.75, 3.05) is 0 Å². The second-order valence-electron chi connectivity index (χ2n) is 4.28. The van der Waals surface area contributed by atoms with Gasteiger partial charge in [-0.2, -0.15) is 5.10 Å². The molecule has 1 heterocycles. The molecule has 7 heteroatoms. The van der Waals surface area contributed by atoms with Crippen molar-refractivity contribution in [3.63, 3.8) is 0 Å². The summed E-state index contributed by atoms with van der Waals surface area (Å²) in [7, 11) is 1.85. The van der Waals surface area contributed by atoms with E-state index in [4.69, 9.17) is 23.2 Å². The van der Waals surface area contributed by atoms with E-state index >= 15 is 0 Å². The van der Waals surface area contributed by atoms with Gasteiger partial charge in [0.1, 0.15) is 12.8 Å². The van der Waals surface area contributed by atoms with E-state index in [-0.39, 0.29) is 16.7 Å². The smallest absolute Gasteiger partial charge is 0.271 e. The Morgan fingerprint density at radius 2 is 2.00 bits per heavy atom. The Bertz CT molecular complexity index is 700. The van der Waals surface area contributed by atoms with Gasteiger partial charge in [-0.05, 0) is 12.1 Å². The molecule has 0 aliphatic carbocycles. The molecule has 5 nitrogen and oxygen atoms in total. The molecule has 0 aliphatic rings. The Hall–Kier alpha value is -2.11. The van der Waals surface area contributed by atoms with Crippen molar-refractivity contribution in [3.8, 4) is 5.75 Å². The van der Waals surface area contributed by atoms with Crippen molar-refractivity contribution in [2.24, 2.45) is 12.1 Å². The van der Waals surface area contributed by atoms with Crippen molar-refractivity contribution in [3.05, 3.63) is 57.8 Å². The summed E-state index contributed by atoms with van der Waals surface area (Å²) in [6.07, 6.45) is 4.77. The summed E-state index contributed by atoms with van der Waals surface area (Å²) in [5.74, 6) is -0.509. The molecule has 1 aromatic heterocycles. The molecule has 2 aromatic rings. The molecule has 21 heavy (non-hydrogen) atoms. The van der Waals surface area contributed by atoms with Gasteiger partial charge in [-0.25, -0.2) is 9.99 Å². The Balaban J connectivity index is 2.09. The highest BCUT2D eigenvalue weighted by molar-refractivity contribution is 6.36. The molecule has 0 aliphatic heterocycles. The van der Waals surface area contributed by atoms with Gasteiger partial charge in [0, 0.05) is 22.7 Å². The van der Waals surface area contributed by atoms with E-state index < -0.39 is 0 Å². The van der Waals surface area contributed by atoms with Gasteiger partial charge in [0.25, 0.3) is 5.91 Å². The van der Waals surface area contributed by atoms with Crippen LogP contribution in [0.3, 0.4) is 0 Å². The SMILES string of the molecule is C[n+]1ccc(C(=O)N/N=C/c2cc(Cl)cc(Cl)c2O)cc1. The van der Waals surface area contributed by atoms with Crippen LogP contribution < -0.4 is 9.99 Å². The number of carbonyl (C=O) groups excluding carboxylic acids is 1. The molecule has 108 valence electrons. The standard InChI is InChI=1S/C14H11Cl2N3O2/c1-19-4-2-9(3-5-19)14(21)18-17-8-10-6-11(15)7-12(16)13(10)20/h2-8,21H,1H3/p+1. The molecule has 0 saturated heterocycles. The topological polar surface area (TPSA) is 65.6 Å². The zero-order chi connectivity index (χ0) is 15.4. The minimum absolute atomic E-state index is 0.117. The Morgan fingerprint density at radius 3 is 2.67 bits per heavy atom. The number of rotatable bonds is 3. The third-order valence-electron chi connectivity index (χ3n) is 2.67. The lowest BCUT2D eigenvalue weighted by molar-refractivity contribution is -0.671. The largest absolute Gasteiger partial charge is 0.506 e. The lowest BCUT2D eigenvalue weighted by atomic mass is 10.2. The fourth-order valence-electron chi connectivity index (χ4n) is 1.56. The number of nitrogens with one attached hydrogen (secondary N) is 1. The van der Waals surface area contributed by atoms with Crippen molar-refractivity contribution in [1.29, 1.82) is 0 Å². The van der Waals surface area contributed by atoms with Crippen LogP contribution in [-0.4, -0.2) is 17.2 Å². The zero-order valence-electron chi connectivity index (χ0n) is 11.0. The number of hydrogen-bond donors (Lipinski definition) is 2. The highest BCUT2D eigenvalue weighted by atomic mass is 35.5. The first-order chi connectivity index (χ1) is 9.97. The summed E-state index contributed by atoms with van der Waals surface area (Å²) in [5.41, 5.74) is 3.14. The minimum atomic E-state index is -0.362. The molecule has 0 radical (unpaired) electrons. The van der Waals surface area contributed by atoms with Crippen LogP contribution in [0, 0.1) is 0 Å². The molecule has 0 atom stereocenters. The number of phenols is 1. The molecule has 0 spiro atoms. The van der Waals surface area contributed by atoms with Gasteiger partial charge in [0.05, 0.1) is 16.8 Å². The van der Waals surface area contributed by atoms with Crippen LogP contribution in [0.15, 0.2) is 41.8 Å². The third-order valence-corrected chi connectivity index (χ3v) is 3.17. The van der Waals surface area contributed by atoms with Gasteiger partial charge in [0.15, 0.2) is 12.4 Å². The maximum Gasteiger partial charge on any atom is 0.271 e. The van der Waals surface area contributed by atoms with E-state index in [0.717, 1.165) is 0 Å². The average molecular weight is 325 g/mol. The number of phenolic OH excluding ortho intramolecular Hbond substituents is 1. The summed E-state index contributed by atoms with van der Waals surface area (Å²) < 4.78 is 1.81. The number of pyridine rings is 1. The summed E-state index contributed by atoms with van der Waals surface area (Å²) in [5, 5.41) is 14.0. The van der Waals surface area contributed by atoms with Gasteiger partial charge >= 0.3 is 0 Å². The first kappa shape index (κ1) is 15.3. The van der Waals surface area contributed by atoms with Crippen LogP contribution in [0.5, 0.6) is 5.75 Å². The molecule has 1 aromatic carbocycles. The van der Waals surface area contributed by atoms with Gasteiger partial charge < -0.3 is 5.11 Å². The molecule has 0 saturated carbocycles. The van der Waals surface area contributed by atoms with Gasteiger partial charge in [-0.15, -0.1) is 0 Å². The molecule has 2 rings (SSSR count). The highest BCUT2D eigenvalue weighted by Gasteiger charge is 2.07. The molecule has 2 N–H and O–H groups in total. The third kappa shape index (κ3) is 3.93. The molecule has 1 amide bonds. The number of halogens is 2. The Kier molecular flexibility index (Phi) is 4.77. The molecule has 0 unspecified atom stereocenters. The summed E-state index contributed by atoms with van der Waals surface area (Å²) >= 11 is 11.6. The summed E-state index contributed by atoms with van der Waals surface area (Å²) in [6.45, 7) is 0. The zero-order valence-corrected chi connectivity index (χ0v) is 12.6. The first-order valence-corrected chi connectivity index (χ1v) is 6.69. The van der Waals surface area contributed by atoms with Crippen LogP contribution in [0.1, 0.15) is 15.9 Å². The number of aromatic nitrogens is 1. The number of aryl methyl sites for hydroxylation is 1. The maximum absolute atomic E-state index is 11.8. The number of carbonyl (C=O) groups is 1. The number of hydrogen-bond acceptors (Lipinski definition) is 3. The van der Waals surface area contributed by atoms with Crippen molar-refractivity contribution < 1.29 is 14.5 Å². The van der Waals surface area contributed by atoms with E-state index in [0.29, 0.717) is 16.1 Å². The van der Waals surface area contributed by atoms with E-state index in [1.165, 1.54) is 18.3 Å². The van der Waals surface area contributed by atoms with Crippen LogP contribution in [-0.2, 0) is 7.05 Å². The van der Waals surface area contributed by atoms with E-state index in [1.807, 2.05) is 11.6 Å². The molecular formula is C14H12Cl2N3O2+. The number of aromatic hydroxyl groups is 1. The molecular weight excluding hydrogens is 313 g/mol. The Labute approximate surface area is 131 Å². The normalized spacial score (nSPS) is 10.8. The average Bonchev–Trinajstić information content (AvgIpc) is 2.44. The van der Waals surface area contributed by atoms with Crippen molar-refractivity contribution in [2.45, 2.75) is 0 Å². The lowest BCUT2D eigenvalue weighted by Gasteiger charge is -2.02.